The van der Waals surface area contributed by atoms with E-state index >= 15 is 0 Å². The number of benzene rings is 1. The van der Waals surface area contributed by atoms with E-state index in [9.17, 15) is 4.79 Å². The van der Waals surface area contributed by atoms with Gasteiger partial charge >= 0.3 is 6.03 Å². The van der Waals surface area contributed by atoms with E-state index in [-0.39, 0.29) is 17.7 Å². The minimum atomic E-state index is -0.0126. The lowest BCUT2D eigenvalue weighted by molar-refractivity contribution is -0.0684. The van der Waals surface area contributed by atoms with Crippen LogP contribution in [0, 0.1) is 5.92 Å². The van der Waals surface area contributed by atoms with Gasteiger partial charge in [0.15, 0.2) is 0 Å². The lowest BCUT2D eigenvalue weighted by Crippen LogP contribution is -2.51. The Morgan fingerprint density at radius 2 is 2.21 bits per heavy atom. The second-order valence-corrected chi connectivity index (χ2v) is 8.50. The predicted molar refractivity (Wildman–Crippen MR) is 97.5 cm³/mol. The Balaban J connectivity index is 1.20. The van der Waals surface area contributed by atoms with Crippen molar-refractivity contribution in [3.63, 3.8) is 0 Å². The molecule has 1 spiro atoms. The summed E-state index contributed by atoms with van der Waals surface area (Å²) < 4.78 is 6.02. The molecule has 2 aliphatic heterocycles. The summed E-state index contributed by atoms with van der Waals surface area (Å²) in [5.74, 6) is 3.47. The summed E-state index contributed by atoms with van der Waals surface area (Å²) in [6.07, 6.45) is 4.19. The molecule has 0 aromatic heterocycles. The third-order valence-electron chi connectivity index (χ3n) is 5.57. The van der Waals surface area contributed by atoms with E-state index in [1.54, 1.807) is 0 Å². The maximum absolute atomic E-state index is 12.2. The van der Waals surface area contributed by atoms with Crippen molar-refractivity contribution in [3.8, 4) is 0 Å². The topological polar surface area (TPSA) is 50.4 Å². The van der Waals surface area contributed by atoms with Crippen LogP contribution in [0.5, 0.6) is 0 Å². The summed E-state index contributed by atoms with van der Waals surface area (Å²) in [7, 11) is 0. The zero-order valence-electron chi connectivity index (χ0n) is 14.0. The van der Waals surface area contributed by atoms with Gasteiger partial charge in [0.25, 0.3) is 0 Å². The number of carbonyl (C=O) groups is 1. The Hall–Kier alpha value is -1.20. The van der Waals surface area contributed by atoms with Crippen LogP contribution in [0.4, 0.5) is 4.79 Å². The Morgan fingerprint density at radius 1 is 1.33 bits per heavy atom. The van der Waals surface area contributed by atoms with Crippen LogP contribution in [-0.4, -0.2) is 42.3 Å². The fourth-order valence-electron chi connectivity index (χ4n) is 4.06. The predicted octanol–water partition coefficient (Wildman–Crippen LogP) is 3.14. The minimum absolute atomic E-state index is 0.0126. The molecule has 3 fully saturated rings. The van der Waals surface area contributed by atoms with Crippen molar-refractivity contribution in [2.45, 2.75) is 43.2 Å². The summed E-state index contributed by atoms with van der Waals surface area (Å²) in [5, 5.41) is 6.24. The van der Waals surface area contributed by atoms with Crippen molar-refractivity contribution in [2.24, 2.45) is 5.92 Å². The molecule has 1 aliphatic carbocycles. The molecule has 3 aliphatic rings. The minimum Gasteiger partial charge on any atom is -0.374 e. The highest BCUT2D eigenvalue weighted by molar-refractivity contribution is 7.99. The molecule has 1 saturated carbocycles. The smallest absolute Gasteiger partial charge is 0.315 e. The lowest BCUT2D eigenvalue weighted by Gasteiger charge is -2.37. The number of nitrogens with one attached hydrogen (secondary N) is 2. The summed E-state index contributed by atoms with van der Waals surface area (Å²) in [4.78, 5) is 12.2. The van der Waals surface area contributed by atoms with Crippen molar-refractivity contribution in [2.75, 3.05) is 24.7 Å². The Kier molecular flexibility index (Phi) is 4.72. The van der Waals surface area contributed by atoms with Crippen molar-refractivity contribution in [1.82, 2.24) is 10.6 Å². The summed E-state index contributed by atoms with van der Waals surface area (Å²) in [6, 6.07) is 10.8. The van der Waals surface area contributed by atoms with Crippen molar-refractivity contribution >= 4 is 17.8 Å². The summed E-state index contributed by atoms with van der Waals surface area (Å²) in [5.41, 5.74) is 1.42. The average Bonchev–Trinajstić information content (AvgIpc) is 3.26. The number of rotatable bonds is 4. The first-order valence-corrected chi connectivity index (χ1v) is 10.2. The maximum Gasteiger partial charge on any atom is 0.315 e. The van der Waals surface area contributed by atoms with E-state index in [1.165, 1.54) is 17.7 Å². The molecule has 2 N–H and O–H groups in total. The van der Waals surface area contributed by atoms with Crippen LogP contribution >= 0.6 is 11.8 Å². The van der Waals surface area contributed by atoms with Gasteiger partial charge in [0.1, 0.15) is 0 Å². The number of urea groups is 1. The molecule has 4 rings (SSSR count). The molecular weight excluding hydrogens is 320 g/mol. The summed E-state index contributed by atoms with van der Waals surface area (Å²) in [6.45, 7) is 1.54. The van der Waals surface area contributed by atoms with Gasteiger partial charge in [-0.05, 0) is 48.8 Å². The standard InChI is InChI=1S/C19H26N2O2S/c22-18(20-12-15-10-17(15)14-4-2-1-3-5-14)21-16-6-8-23-19(11-16)7-9-24-13-19/h1-5,15-17H,6-13H2,(H2,20,21,22)/t15-,16+,17+,19-/m0/s1. The summed E-state index contributed by atoms with van der Waals surface area (Å²) >= 11 is 1.97. The molecule has 5 heteroatoms. The van der Waals surface area contributed by atoms with Gasteiger partial charge in [0.05, 0.1) is 5.60 Å². The third kappa shape index (κ3) is 3.72. The molecule has 4 nitrogen and oxygen atoms in total. The molecule has 1 aromatic rings. The van der Waals surface area contributed by atoms with Crippen LogP contribution in [0.25, 0.3) is 0 Å². The highest BCUT2D eigenvalue weighted by Crippen LogP contribution is 2.46. The van der Waals surface area contributed by atoms with Crippen LogP contribution in [0.2, 0.25) is 0 Å². The fourth-order valence-corrected chi connectivity index (χ4v) is 5.43. The molecular formula is C19H26N2O2S. The van der Waals surface area contributed by atoms with Gasteiger partial charge < -0.3 is 15.4 Å². The van der Waals surface area contributed by atoms with Gasteiger partial charge in [-0.15, -0.1) is 0 Å². The number of ether oxygens (including phenoxy) is 1. The Morgan fingerprint density at radius 3 is 3.00 bits per heavy atom. The Bertz CT molecular complexity index is 574. The monoisotopic (exact) mass is 346 g/mol. The molecule has 2 amide bonds. The number of thioether (sulfide) groups is 1. The van der Waals surface area contributed by atoms with Crippen LogP contribution in [0.1, 0.15) is 37.2 Å². The van der Waals surface area contributed by atoms with Gasteiger partial charge in [0.2, 0.25) is 0 Å². The van der Waals surface area contributed by atoms with Gasteiger partial charge in [-0.25, -0.2) is 4.79 Å². The molecule has 4 atom stereocenters. The third-order valence-corrected chi connectivity index (χ3v) is 6.79. The first kappa shape index (κ1) is 16.3. The number of hydrogen-bond acceptors (Lipinski definition) is 3. The quantitative estimate of drug-likeness (QED) is 0.880. The number of amides is 2. The lowest BCUT2D eigenvalue weighted by atomic mass is 9.90. The van der Waals surface area contributed by atoms with E-state index in [0.717, 1.165) is 38.2 Å². The molecule has 2 heterocycles. The van der Waals surface area contributed by atoms with E-state index in [0.29, 0.717) is 11.8 Å². The molecule has 2 saturated heterocycles. The second-order valence-electron chi connectivity index (χ2n) is 7.39. The van der Waals surface area contributed by atoms with Gasteiger partial charge in [-0.2, -0.15) is 11.8 Å². The highest BCUT2D eigenvalue weighted by atomic mass is 32.2. The van der Waals surface area contributed by atoms with Crippen molar-refractivity contribution < 1.29 is 9.53 Å². The van der Waals surface area contributed by atoms with E-state index in [1.807, 2.05) is 11.8 Å². The second kappa shape index (κ2) is 6.96. The fraction of sp³-hybridized carbons (Fsp3) is 0.632. The maximum atomic E-state index is 12.2. The first-order valence-electron chi connectivity index (χ1n) is 9.05. The number of hydrogen-bond donors (Lipinski definition) is 2. The Labute approximate surface area is 148 Å². The first-order chi connectivity index (χ1) is 11.7. The van der Waals surface area contributed by atoms with E-state index in [2.05, 4.69) is 41.0 Å². The van der Waals surface area contributed by atoms with Crippen LogP contribution in [-0.2, 0) is 4.74 Å². The zero-order chi connectivity index (χ0) is 16.4. The molecule has 0 unspecified atom stereocenters. The van der Waals surface area contributed by atoms with Crippen molar-refractivity contribution in [3.05, 3.63) is 35.9 Å². The average molecular weight is 346 g/mol. The van der Waals surface area contributed by atoms with E-state index < -0.39 is 0 Å². The van der Waals surface area contributed by atoms with Crippen molar-refractivity contribution in [1.29, 1.82) is 0 Å². The highest BCUT2D eigenvalue weighted by Gasteiger charge is 2.41. The molecule has 24 heavy (non-hydrogen) atoms. The number of carbonyl (C=O) groups excluding carboxylic acids is 1. The molecule has 130 valence electrons. The largest absolute Gasteiger partial charge is 0.374 e. The molecule has 0 bridgehead atoms. The van der Waals surface area contributed by atoms with Gasteiger partial charge in [-0.1, -0.05) is 30.3 Å². The van der Waals surface area contributed by atoms with Gasteiger partial charge in [0, 0.05) is 24.9 Å². The zero-order valence-corrected chi connectivity index (χ0v) is 14.8. The van der Waals surface area contributed by atoms with Gasteiger partial charge in [-0.3, -0.25) is 0 Å². The molecule has 1 aromatic carbocycles. The molecule has 0 radical (unpaired) electrons. The SMILES string of the molecule is O=C(NC[C@@H]1C[C@@H]1c1ccccc1)N[C@@H]1CCO[C@@]2(CCSC2)C1. The normalized spacial score (nSPS) is 34.9. The van der Waals surface area contributed by atoms with Crippen LogP contribution < -0.4 is 10.6 Å². The van der Waals surface area contributed by atoms with E-state index in [4.69, 9.17) is 4.74 Å². The van der Waals surface area contributed by atoms with Crippen LogP contribution in [0.15, 0.2) is 30.3 Å². The van der Waals surface area contributed by atoms with Crippen LogP contribution in [0.3, 0.4) is 0 Å².